The van der Waals surface area contributed by atoms with Crippen LogP contribution >= 0.6 is 23.5 Å². The maximum absolute atomic E-state index is 11.3. The van der Waals surface area contributed by atoms with Crippen LogP contribution in [-0.4, -0.2) is 40.1 Å². The molecule has 6 nitrogen and oxygen atoms in total. The molecule has 0 unspecified atom stereocenters. The number of nitrogens with one attached hydrogen (secondary N) is 2. The zero-order valence-electron chi connectivity index (χ0n) is 17.0. The molecule has 3 aromatic carbocycles. The Labute approximate surface area is 200 Å². The van der Waals surface area contributed by atoms with Gasteiger partial charge in [0.05, 0.1) is 21.2 Å². The van der Waals surface area contributed by atoms with Crippen LogP contribution in [0.25, 0.3) is 0 Å². The van der Waals surface area contributed by atoms with Crippen LogP contribution in [0.1, 0.15) is 2.85 Å². The number of anilines is 2. The molecule has 0 radical (unpaired) electrons. The number of thioether (sulfide) groups is 2. The highest BCUT2D eigenvalue weighted by molar-refractivity contribution is 8.18. The minimum absolute atomic E-state index is 0. The Hall–Kier alpha value is -2.14. The Balaban J connectivity index is 0.000000178. The third kappa shape index (κ3) is 5.25. The summed E-state index contributed by atoms with van der Waals surface area (Å²) in [4.78, 5) is 2.75. The topological polar surface area (TPSA) is 92.3 Å². The minimum atomic E-state index is -3.60. The summed E-state index contributed by atoms with van der Waals surface area (Å²) in [6.07, 6.45) is 0. The highest BCUT2D eigenvalue weighted by atomic mass is 32.3. The largest absolute Gasteiger partial charge is 0.382 e. The molecule has 0 saturated carbocycles. The second-order valence-corrected chi connectivity index (χ2v) is 13.7. The van der Waals surface area contributed by atoms with Crippen molar-refractivity contribution in [3.63, 3.8) is 0 Å². The smallest absolute Gasteiger partial charge is 0.194 e. The Morgan fingerprint density at radius 3 is 1.50 bits per heavy atom. The first kappa shape index (κ1) is 23.0. The molecule has 0 atom stereocenters. The van der Waals surface area contributed by atoms with Crippen LogP contribution in [0.5, 0.6) is 0 Å². The highest BCUT2D eigenvalue weighted by Gasteiger charge is 2.38. The van der Waals surface area contributed by atoms with Gasteiger partial charge >= 0.3 is 0 Å². The van der Waals surface area contributed by atoms with Gasteiger partial charge in [0, 0.05) is 30.8 Å². The quantitative estimate of drug-likeness (QED) is 0.433. The van der Waals surface area contributed by atoms with Crippen molar-refractivity contribution in [3.8, 4) is 0 Å². The van der Waals surface area contributed by atoms with Gasteiger partial charge in [-0.15, -0.1) is 23.5 Å². The standard InChI is InChI=1S/C8H10N2.C7H6O4S2.C7H6S2.2H2/c1-2-4-8-7(3-1)9-5-6-10-8;8-12(9)5-13(10,11)7-4-2-1-3-6(7)12;1-2-4-7-6(3-1)8-5-9-7;;/h1-4,9-10H,5-6H2;1-4H,5H2;1-4H,5H2;2*1H. The van der Waals surface area contributed by atoms with Crippen molar-refractivity contribution in [2.75, 3.05) is 33.9 Å². The van der Waals surface area contributed by atoms with Crippen molar-refractivity contribution in [2.45, 2.75) is 19.6 Å². The predicted octanol–water partition coefficient (Wildman–Crippen LogP) is 5.06. The molecular formula is C22H26N2O4S4. The second-order valence-electron chi connectivity index (χ2n) is 7.05. The molecule has 0 fully saturated rings. The van der Waals surface area contributed by atoms with E-state index in [0.717, 1.165) is 13.1 Å². The first-order valence-corrected chi connectivity index (χ1v) is 15.1. The summed E-state index contributed by atoms with van der Waals surface area (Å²) in [5, 5.41) is 7.00. The molecule has 172 valence electrons. The fourth-order valence-electron chi connectivity index (χ4n) is 3.33. The fourth-order valence-corrected chi connectivity index (χ4v) is 10.4. The summed E-state index contributed by atoms with van der Waals surface area (Å²) in [6, 6.07) is 22.5. The SMILES string of the molecule is O=S1(=O)CS(=O)(=O)c2ccccc21.[HH].[HH].c1ccc2c(c1)NCCN2.c1ccc2c(c1)SCS2. The lowest BCUT2D eigenvalue weighted by atomic mass is 10.2. The van der Waals surface area contributed by atoms with E-state index in [1.165, 1.54) is 50.5 Å². The van der Waals surface area contributed by atoms with E-state index in [-0.39, 0.29) is 12.6 Å². The van der Waals surface area contributed by atoms with Gasteiger partial charge in [0.2, 0.25) is 0 Å². The summed E-state index contributed by atoms with van der Waals surface area (Å²) >= 11 is 3.86. The molecule has 10 heteroatoms. The normalized spacial score (nSPS) is 18.1. The van der Waals surface area contributed by atoms with Crippen molar-refractivity contribution < 1.29 is 19.7 Å². The van der Waals surface area contributed by atoms with Crippen molar-refractivity contribution in [1.82, 2.24) is 0 Å². The van der Waals surface area contributed by atoms with Crippen molar-refractivity contribution in [1.29, 1.82) is 0 Å². The number of hydrogen-bond donors (Lipinski definition) is 2. The van der Waals surface area contributed by atoms with Crippen LogP contribution in [0.3, 0.4) is 0 Å². The Morgan fingerprint density at radius 2 is 1.03 bits per heavy atom. The molecule has 0 spiro atoms. The Morgan fingerprint density at radius 1 is 0.625 bits per heavy atom. The zero-order valence-corrected chi connectivity index (χ0v) is 20.3. The third-order valence-electron chi connectivity index (χ3n) is 4.79. The lowest BCUT2D eigenvalue weighted by Crippen LogP contribution is -2.19. The second kappa shape index (κ2) is 9.78. The van der Waals surface area contributed by atoms with Crippen LogP contribution in [0.15, 0.2) is 92.4 Å². The molecule has 0 aliphatic carbocycles. The zero-order chi connectivity index (χ0) is 22.6. The van der Waals surface area contributed by atoms with Gasteiger partial charge in [-0.05, 0) is 36.4 Å². The van der Waals surface area contributed by atoms with Gasteiger partial charge in [-0.2, -0.15) is 0 Å². The number of fused-ring (bicyclic) bond motifs is 3. The number of benzene rings is 3. The first-order chi connectivity index (χ1) is 15.4. The summed E-state index contributed by atoms with van der Waals surface area (Å²) in [6.45, 7) is 2.05. The van der Waals surface area contributed by atoms with Crippen LogP contribution in [0.2, 0.25) is 0 Å². The number of sulfone groups is 2. The summed E-state index contributed by atoms with van der Waals surface area (Å²) in [5.41, 5.74) is 2.43. The van der Waals surface area contributed by atoms with Crippen LogP contribution in [0.4, 0.5) is 11.4 Å². The maximum Gasteiger partial charge on any atom is 0.194 e. The predicted molar refractivity (Wildman–Crippen MR) is 136 cm³/mol. The molecule has 3 aromatic rings. The van der Waals surface area contributed by atoms with E-state index < -0.39 is 24.8 Å². The van der Waals surface area contributed by atoms with Crippen molar-refractivity contribution >= 4 is 54.6 Å². The van der Waals surface area contributed by atoms with Gasteiger partial charge in [0.25, 0.3) is 0 Å². The Bertz CT molecular complexity index is 1240. The van der Waals surface area contributed by atoms with Crippen LogP contribution < -0.4 is 10.6 Å². The molecule has 3 heterocycles. The van der Waals surface area contributed by atoms with E-state index in [2.05, 4.69) is 47.0 Å². The molecule has 0 bridgehead atoms. The fraction of sp³-hybridized carbons (Fsp3) is 0.182. The molecule has 6 rings (SSSR count). The number of hydrogen-bond acceptors (Lipinski definition) is 8. The van der Waals surface area contributed by atoms with Crippen molar-refractivity contribution in [2.24, 2.45) is 0 Å². The van der Waals surface area contributed by atoms with Gasteiger partial charge in [-0.3, -0.25) is 0 Å². The van der Waals surface area contributed by atoms with E-state index in [4.69, 9.17) is 0 Å². The first-order valence-electron chi connectivity index (χ1n) is 9.83. The average Bonchev–Trinajstić information content (AvgIpc) is 3.35. The molecule has 3 aliphatic rings. The van der Waals surface area contributed by atoms with Gasteiger partial charge in [-0.25, -0.2) is 16.8 Å². The number of rotatable bonds is 0. The monoisotopic (exact) mass is 510 g/mol. The lowest BCUT2D eigenvalue weighted by molar-refractivity contribution is 0.598. The van der Waals surface area contributed by atoms with Gasteiger partial charge in [-0.1, -0.05) is 36.4 Å². The van der Waals surface area contributed by atoms with Crippen molar-refractivity contribution in [3.05, 3.63) is 72.8 Å². The maximum atomic E-state index is 11.3. The van der Waals surface area contributed by atoms with E-state index >= 15 is 0 Å². The van der Waals surface area contributed by atoms with Gasteiger partial charge < -0.3 is 10.6 Å². The third-order valence-corrected chi connectivity index (χ3v) is 11.9. The summed E-state index contributed by atoms with van der Waals surface area (Å²) in [5.74, 6) is 0. The van der Waals surface area contributed by atoms with E-state index in [1.54, 1.807) is 0 Å². The highest BCUT2D eigenvalue weighted by Crippen LogP contribution is 2.40. The molecule has 0 amide bonds. The van der Waals surface area contributed by atoms with Crippen LogP contribution in [-0.2, 0) is 19.7 Å². The Kier molecular flexibility index (Phi) is 7.04. The summed E-state index contributed by atoms with van der Waals surface area (Å²) in [7, 11) is -7.20. The molecule has 3 aliphatic heterocycles. The molecule has 32 heavy (non-hydrogen) atoms. The molecular weight excluding hydrogens is 485 g/mol. The van der Waals surface area contributed by atoms with Gasteiger partial charge in [0.1, 0.15) is 0 Å². The summed E-state index contributed by atoms with van der Waals surface area (Å²) < 4.78 is 45.2. The average molecular weight is 511 g/mol. The lowest BCUT2D eigenvalue weighted by Gasteiger charge is -2.18. The van der Waals surface area contributed by atoms with E-state index in [9.17, 15) is 16.8 Å². The van der Waals surface area contributed by atoms with Gasteiger partial charge in [0.15, 0.2) is 24.8 Å². The van der Waals surface area contributed by atoms with E-state index in [0.29, 0.717) is 0 Å². The number of para-hydroxylation sites is 2. The molecule has 0 saturated heterocycles. The van der Waals surface area contributed by atoms with E-state index in [1.807, 2.05) is 35.7 Å². The minimum Gasteiger partial charge on any atom is -0.382 e. The molecule has 2 N–H and O–H groups in total. The molecule has 0 aromatic heterocycles. The van der Waals surface area contributed by atoms with Crippen LogP contribution in [0, 0.1) is 0 Å².